The van der Waals surface area contributed by atoms with E-state index in [2.05, 4.69) is 30.1 Å². The summed E-state index contributed by atoms with van der Waals surface area (Å²) in [4.78, 5) is 25.6. The van der Waals surface area contributed by atoms with Crippen molar-refractivity contribution in [3.05, 3.63) is 91.0 Å². The number of benzene rings is 2. The zero-order chi connectivity index (χ0) is 24.4. The van der Waals surface area contributed by atoms with Gasteiger partial charge in [-0.3, -0.25) is 9.48 Å². The fourth-order valence-corrected chi connectivity index (χ4v) is 4.47. The molecule has 0 saturated heterocycles. The summed E-state index contributed by atoms with van der Waals surface area (Å²) >= 11 is 0. The molecule has 3 aromatic heterocycles. The van der Waals surface area contributed by atoms with E-state index >= 15 is 0 Å². The summed E-state index contributed by atoms with van der Waals surface area (Å²) in [6.45, 7) is 0. The van der Waals surface area contributed by atoms with Crippen molar-refractivity contribution in [2.24, 2.45) is 7.05 Å². The van der Waals surface area contributed by atoms with E-state index in [1.54, 1.807) is 23.0 Å². The van der Waals surface area contributed by atoms with Gasteiger partial charge in [-0.2, -0.15) is 5.10 Å². The zero-order valence-electron chi connectivity index (χ0n) is 18.5. The van der Waals surface area contributed by atoms with Crippen LogP contribution in [0.2, 0.25) is 0 Å². The second-order valence-electron chi connectivity index (χ2n) is 7.63. The van der Waals surface area contributed by atoms with E-state index in [9.17, 15) is 13.2 Å². The largest absolute Gasteiger partial charge is 0.322 e. The highest BCUT2D eigenvalue weighted by Gasteiger charge is 2.17. The lowest BCUT2D eigenvalue weighted by Crippen LogP contribution is -2.15. The van der Waals surface area contributed by atoms with Crippen molar-refractivity contribution < 1.29 is 13.2 Å². The number of hydrogen-bond donors (Lipinski definition) is 2. The van der Waals surface area contributed by atoms with Crippen molar-refractivity contribution in [2.45, 2.75) is 4.90 Å². The minimum Gasteiger partial charge on any atom is -0.322 e. The molecule has 3 heterocycles. The molecule has 0 aliphatic carbocycles. The fourth-order valence-electron chi connectivity index (χ4n) is 3.51. The first-order valence-electron chi connectivity index (χ1n) is 10.5. The lowest BCUT2D eigenvalue weighted by atomic mass is 10.0. The molecule has 2 aromatic carbocycles. The van der Waals surface area contributed by atoms with E-state index in [0.29, 0.717) is 27.8 Å². The van der Waals surface area contributed by atoms with Crippen LogP contribution in [0.4, 0.5) is 11.6 Å². The molecule has 0 aliphatic rings. The smallest absolute Gasteiger partial charge is 0.264 e. The van der Waals surface area contributed by atoms with Gasteiger partial charge in [-0.25, -0.2) is 28.1 Å². The Hall–Kier alpha value is -4.64. The van der Waals surface area contributed by atoms with Gasteiger partial charge in [0.1, 0.15) is 0 Å². The summed E-state index contributed by atoms with van der Waals surface area (Å²) in [5.41, 5.74) is 2.96. The highest BCUT2D eigenvalue weighted by atomic mass is 32.2. The van der Waals surface area contributed by atoms with Gasteiger partial charge in [-0.15, -0.1) is 0 Å². The number of rotatable bonds is 6. The topological polar surface area (TPSA) is 132 Å². The summed E-state index contributed by atoms with van der Waals surface area (Å²) in [6.07, 6.45) is 6.39. The van der Waals surface area contributed by atoms with Crippen LogP contribution in [0, 0.1) is 0 Å². The number of aryl methyl sites for hydroxylation is 1. The third kappa shape index (κ3) is 4.70. The maximum absolute atomic E-state index is 13.2. The average Bonchev–Trinajstić information content (AvgIpc) is 3.30. The number of hydrogen-bond acceptors (Lipinski definition) is 7. The number of carbonyl (C=O) groups is 1. The van der Waals surface area contributed by atoms with E-state index in [1.165, 1.54) is 36.7 Å². The van der Waals surface area contributed by atoms with Crippen LogP contribution in [0.15, 0.2) is 90.3 Å². The lowest BCUT2D eigenvalue weighted by molar-refractivity contribution is 0.102. The minimum atomic E-state index is -3.88. The number of para-hydroxylation sites is 1. The van der Waals surface area contributed by atoms with Crippen molar-refractivity contribution in [3.8, 4) is 11.3 Å². The highest BCUT2D eigenvalue weighted by Crippen LogP contribution is 2.26. The first kappa shape index (κ1) is 22.2. The van der Waals surface area contributed by atoms with Crippen LogP contribution in [-0.4, -0.2) is 39.1 Å². The maximum Gasteiger partial charge on any atom is 0.264 e. The van der Waals surface area contributed by atoms with Crippen molar-refractivity contribution in [1.82, 2.24) is 24.7 Å². The van der Waals surface area contributed by atoms with Gasteiger partial charge in [0.2, 0.25) is 5.95 Å². The third-order valence-electron chi connectivity index (χ3n) is 5.18. The minimum absolute atomic E-state index is 0.0103. The van der Waals surface area contributed by atoms with Gasteiger partial charge in [0.15, 0.2) is 0 Å². The van der Waals surface area contributed by atoms with E-state index < -0.39 is 10.0 Å². The molecule has 0 saturated carbocycles. The first-order chi connectivity index (χ1) is 16.9. The van der Waals surface area contributed by atoms with Gasteiger partial charge < -0.3 is 5.32 Å². The predicted octanol–water partition coefficient (Wildman–Crippen LogP) is 3.48. The van der Waals surface area contributed by atoms with Crippen LogP contribution < -0.4 is 10.0 Å². The van der Waals surface area contributed by atoms with Gasteiger partial charge in [0, 0.05) is 42.3 Å². The van der Waals surface area contributed by atoms with Crippen LogP contribution in [0.1, 0.15) is 10.4 Å². The quantitative estimate of drug-likeness (QED) is 0.376. The summed E-state index contributed by atoms with van der Waals surface area (Å²) < 4.78 is 29.1. The van der Waals surface area contributed by atoms with E-state index in [0.717, 1.165) is 5.56 Å². The Morgan fingerprint density at radius 1 is 0.971 bits per heavy atom. The fraction of sp³-hybridized carbons (Fsp3) is 0.0417. The first-order valence-corrected chi connectivity index (χ1v) is 12.0. The maximum atomic E-state index is 13.2. The van der Waals surface area contributed by atoms with Crippen molar-refractivity contribution in [3.63, 3.8) is 0 Å². The molecule has 0 unspecified atom stereocenters. The number of anilines is 2. The summed E-state index contributed by atoms with van der Waals surface area (Å²) in [5, 5.41) is 7.72. The molecule has 5 aromatic rings. The molecule has 1 amide bonds. The van der Waals surface area contributed by atoms with Crippen molar-refractivity contribution in [1.29, 1.82) is 0 Å². The van der Waals surface area contributed by atoms with E-state index in [1.807, 2.05) is 37.5 Å². The number of carbonyl (C=O) groups excluding carboxylic acids is 1. The molecule has 0 aliphatic heterocycles. The second kappa shape index (κ2) is 8.95. The molecule has 5 rings (SSSR count). The Bertz CT molecular complexity index is 1630. The normalized spacial score (nSPS) is 11.3. The molecule has 0 fully saturated rings. The van der Waals surface area contributed by atoms with Gasteiger partial charge >= 0.3 is 0 Å². The monoisotopic (exact) mass is 485 g/mol. The van der Waals surface area contributed by atoms with Crippen molar-refractivity contribution in [2.75, 3.05) is 10.0 Å². The summed E-state index contributed by atoms with van der Waals surface area (Å²) in [7, 11) is -2.07. The molecule has 174 valence electrons. The predicted molar refractivity (Wildman–Crippen MR) is 131 cm³/mol. The Morgan fingerprint density at radius 2 is 1.71 bits per heavy atom. The number of pyridine rings is 1. The molecular formula is C24H19N7O3S. The number of nitrogens with zero attached hydrogens (tertiary/aromatic N) is 5. The number of sulfonamides is 1. The van der Waals surface area contributed by atoms with Crippen molar-refractivity contribution >= 4 is 38.5 Å². The van der Waals surface area contributed by atoms with E-state index in [4.69, 9.17) is 0 Å². The zero-order valence-corrected chi connectivity index (χ0v) is 19.3. The molecule has 10 nitrogen and oxygen atoms in total. The van der Waals surface area contributed by atoms with Crippen LogP contribution in [0.25, 0.3) is 22.2 Å². The summed E-state index contributed by atoms with van der Waals surface area (Å²) in [6, 6.07) is 16.5. The summed E-state index contributed by atoms with van der Waals surface area (Å²) in [5.74, 6) is -0.376. The molecule has 0 spiro atoms. The Balaban J connectivity index is 1.41. The van der Waals surface area contributed by atoms with Crippen LogP contribution in [0.5, 0.6) is 0 Å². The Labute approximate surface area is 200 Å². The Morgan fingerprint density at radius 3 is 2.43 bits per heavy atom. The Kier molecular flexibility index (Phi) is 5.67. The highest BCUT2D eigenvalue weighted by molar-refractivity contribution is 7.92. The molecule has 0 radical (unpaired) electrons. The van der Waals surface area contributed by atoms with Gasteiger partial charge in [-0.05, 0) is 42.5 Å². The molecular weight excluding hydrogens is 466 g/mol. The average molecular weight is 486 g/mol. The molecule has 35 heavy (non-hydrogen) atoms. The third-order valence-corrected chi connectivity index (χ3v) is 6.52. The number of aromatic nitrogens is 5. The van der Waals surface area contributed by atoms with Crippen LogP contribution in [0.3, 0.4) is 0 Å². The van der Waals surface area contributed by atoms with Gasteiger partial charge in [-0.1, -0.05) is 18.2 Å². The molecule has 11 heteroatoms. The second-order valence-corrected chi connectivity index (χ2v) is 9.31. The lowest BCUT2D eigenvalue weighted by Gasteiger charge is -2.11. The number of nitrogens with one attached hydrogen (secondary N) is 2. The van der Waals surface area contributed by atoms with Crippen LogP contribution >= 0.6 is 0 Å². The molecule has 0 bridgehead atoms. The molecule has 2 N–H and O–H groups in total. The number of fused-ring (bicyclic) bond motifs is 1. The SMILES string of the molecule is Cn1cc(-c2cc(C(=O)Nc3ccc(S(=O)(=O)Nc4ncccn4)cc3)c3ccccc3n2)cn1. The number of amides is 1. The van der Waals surface area contributed by atoms with Gasteiger partial charge in [0.05, 0.1) is 27.9 Å². The van der Waals surface area contributed by atoms with Gasteiger partial charge in [0.25, 0.3) is 15.9 Å². The molecule has 0 atom stereocenters. The van der Waals surface area contributed by atoms with Crippen LogP contribution in [-0.2, 0) is 17.1 Å². The van der Waals surface area contributed by atoms with E-state index in [-0.39, 0.29) is 16.8 Å². The standard InChI is InChI=1S/C24H19N7O3S/c1-31-15-16(14-27-31)22-13-20(19-5-2-3-6-21(19)29-22)23(32)28-17-7-9-18(10-8-17)35(33,34)30-24-25-11-4-12-26-24/h2-15H,1H3,(H,28,32)(H,25,26,30).